The molecular weight excluding hydrogens is 442 g/mol. The van der Waals surface area contributed by atoms with Crippen LogP contribution in [0, 0.1) is 5.92 Å². The lowest BCUT2D eigenvalue weighted by atomic mass is 10.2. The van der Waals surface area contributed by atoms with E-state index < -0.39 is 0 Å². The number of anilines is 2. The van der Waals surface area contributed by atoms with Gasteiger partial charge in [0.05, 0.1) is 0 Å². The Morgan fingerprint density at radius 1 is 1.00 bits per heavy atom. The highest BCUT2D eigenvalue weighted by Crippen LogP contribution is 2.31. The predicted octanol–water partition coefficient (Wildman–Crippen LogP) is 2.02. The quantitative estimate of drug-likeness (QED) is 0.602. The molecule has 2 aliphatic heterocycles. The number of piperazine rings is 1. The third-order valence-corrected chi connectivity index (χ3v) is 6.23. The molecule has 1 saturated carbocycles. The first kappa shape index (κ1) is 21.5. The summed E-state index contributed by atoms with van der Waals surface area (Å²) in [5.41, 5.74) is 8.53. The summed E-state index contributed by atoms with van der Waals surface area (Å²) in [6.07, 6.45) is 2.10. The first-order valence-electron chi connectivity index (χ1n) is 11.1. The maximum absolute atomic E-state index is 12.5. The van der Waals surface area contributed by atoms with Crippen molar-refractivity contribution in [3.63, 3.8) is 0 Å². The van der Waals surface area contributed by atoms with Crippen molar-refractivity contribution in [3.05, 3.63) is 59.1 Å². The molecule has 2 heterocycles. The van der Waals surface area contributed by atoms with Crippen molar-refractivity contribution in [1.29, 1.82) is 0 Å². The van der Waals surface area contributed by atoms with Gasteiger partial charge in [-0.05, 0) is 61.4 Å². The van der Waals surface area contributed by atoms with Crippen LogP contribution in [0.5, 0.6) is 0 Å². The smallest absolute Gasteiger partial charge is 0.242 e. The molecule has 10 heteroatoms. The summed E-state index contributed by atoms with van der Waals surface area (Å²) in [6, 6.07) is 15.1. The molecule has 2 aromatic carbocycles. The normalized spacial score (nSPS) is 18.4. The Morgan fingerprint density at radius 3 is 2.36 bits per heavy atom. The monoisotopic (exact) mass is 467 g/mol. The molecule has 2 aromatic rings. The lowest BCUT2D eigenvalue weighted by Gasteiger charge is -2.36. The van der Waals surface area contributed by atoms with Crippen LogP contribution in [-0.4, -0.2) is 60.4 Å². The molecule has 0 spiro atoms. The largest absolute Gasteiger partial charge is 0.368 e. The van der Waals surface area contributed by atoms with Gasteiger partial charge in [-0.3, -0.25) is 15.0 Å². The predicted molar refractivity (Wildman–Crippen MR) is 128 cm³/mol. The number of carbonyl (C=O) groups is 2. The van der Waals surface area contributed by atoms with E-state index in [-0.39, 0.29) is 18.4 Å². The molecule has 0 aromatic heterocycles. The minimum Gasteiger partial charge on any atom is -0.368 e. The van der Waals surface area contributed by atoms with Gasteiger partial charge in [-0.2, -0.15) is 0 Å². The Balaban J connectivity index is 1.08. The van der Waals surface area contributed by atoms with Gasteiger partial charge in [0.2, 0.25) is 11.8 Å². The van der Waals surface area contributed by atoms with E-state index in [1.165, 1.54) is 5.12 Å². The Hall–Kier alpha value is -3.30. The molecule has 33 heavy (non-hydrogen) atoms. The minimum atomic E-state index is -0.178. The molecular formula is C23H26ClN7O2. The van der Waals surface area contributed by atoms with E-state index in [4.69, 9.17) is 11.6 Å². The Bertz CT molecular complexity index is 1050. The molecule has 172 valence electrons. The summed E-state index contributed by atoms with van der Waals surface area (Å²) < 4.78 is 0. The van der Waals surface area contributed by atoms with Gasteiger partial charge in [0.15, 0.2) is 5.84 Å². The highest BCUT2D eigenvalue weighted by atomic mass is 35.5. The van der Waals surface area contributed by atoms with Crippen LogP contribution in [0.1, 0.15) is 18.4 Å². The molecule has 3 N–H and O–H groups in total. The molecule has 5 rings (SSSR count). The lowest BCUT2D eigenvalue weighted by molar-refractivity contribution is -0.132. The van der Waals surface area contributed by atoms with Crippen molar-refractivity contribution >= 4 is 40.6 Å². The van der Waals surface area contributed by atoms with E-state index in [0.29, 0.717) is 16.8 Å². The Morgan fingerprint density at radius 2 is 1.70 bits per heavy atom. The van der Waals surface area contributed by atoms with Crippen LogP contribution in [0.15, 0.2) is 53.6 Å². The number of amidine groups is 1. The number of nitrogens with one attached hydrogen (secondary N) is 3. The van der Waals surface area contributed by atoms with Gasteiger partial charge in [0.25, 0.3) is 0 Å². The lowest BCUT2D eigenvalue weighted by Crippen LogP contribution is -2.49. The van der Waals surface area contributed by atoms with Crippen molar-refractivity contribution in [2.24, 2.45) is 11.0 Å². The topological polar surface area (TPSA) is 92.3 Å². The number of halogens is 1. The van der Waals surface area contributed by atoms with Crippen molar-refractivity contribution in [2.45, 2.75) is 12.8 Å². The maximum atomic E-state index is 12.5. The van der Waals surface area contributed by atoms with E-state index in [1.54, 1.807) is 12.1 Å². The molecule has 0 unspecified atom stereocenters. The van der Waals surface area contributed by atoms with Crippen LogP contribution in [-0.2, 0) is 9.59 Å². The number of nitrogens with zero attached hydrogens (tertiary/aromatic N) is 4. The van der Waals surface area contributed by atoms with E-state index in [1.807, 2.05) is 41.3 Å². The van der Waals surface area contributed by atoms with Crippen LogP contribution in [0.4, 0.5) is 11.4 Å². The van der Waals surface area contributed by atoms with Crippen LogP contribution in [0.3, 0.4) is 0 Å². The number of hydrazone groups is 1. The number of rotatable bonds is 6. The number of carbonyl (C=O) groups excluding carboxylic acids is 2. The third-order valence-electron chi connectivity index (χ3n) is 5.98. The molecule has 0 bridgehead atoms. The summed E-state index contributed by atoms with van der Waals surface area (Å²) in [5, 5.41) is 9.26. The van der Waals surface area contributed by atoms with E-state index in [9.17, 15) is 9.59 Å². The molecule has 0 atom stereocenters. The average molecular weight is 468 g/mol. The van der Waals surface area contributed by atoms with Gasteiger partial charge in [0, 0.05) is 54.1 Å². The van der Waals surface area contributed by atoms with Gasteiger partial charge >= 0.3 is 0 Å². The average Bonchev–Trinajstić information content (AvgIpc) is 3.59. The van der Waals surface area contributed by atoms with Crippen molar-refractivity contribution < 1.29 is 9.59 Å². The van der Waals surface area contributed by atoms with E-state index in [0.717, 1.165) is 56.0 Å². The number of hydrazine groups is 2. The fourth-order valence-corrected chi connectivity index (χ4v) is 4.10. The second-order valence-corrected chi connectivity index (χ2v) is 8.88. The van der Waals surface area contributed by atoms with Gasteiger partial charge < -0.3 is 15.1 Å². The van der Waals surface area contributed by atoms with Crippen molar-refractivity contribution in [2.75, 3.05) is 42.9 Å². The molecule has 2 fully saturated rings. The fourth-order valence-electron chi connectivity index (χ4n) is 3.97. The second-order valence-electron chi connectivity index (χ2n) is 8.45. The molecule has 1 aliphatic carbocycles. The molecule has 9 nitrogen and oxygen atoms in total. The Kier molecular flexibility index (Phi) is 6.06. The second kappa shape index (κ2) is 9.29. The van der Waals surface area contributed by atoms with Gasteiger partial charge in [0.1, 0.15) is 6.54 Å². The van der Waals surface area contributed by atoms with Crippen LogP contribution >= 0.6 is 11.6 Å². The zero-order chi connectivity index (χ0) is 22.8. The van der Waals surface area contributed by atoms with Crippen LogP contribution in [0.2, 0.25) is 5.02 Å². The molecule has 3 aliphatic rings. The minimum absolute atomic E-state index is 0.0688. The van der Waals surface area contributed by atoms with Crippen LogP contribution < -0.4 is 21.2 Å². The zero-order valence-corrected chi connectivity index (χ0v) is 18.9. The molecule has 0 radical (unpaired) electrons. The summed E-state index contributed by atoms with van der Waals surface area (Å²) in [4.78, 5) is 28.9. The molecule has 1 saturated heterocycles. The van der Waals surface area contributed by atoms with Gasteiger partial charge in [-0.1, -0.05) is 11.6 Å². The first-order chi connectivity index (χ1) is 16.0. The third kappa shape index (κ3) is 5.20. The number of benzene rings is 2. The van der Waals surface area contributed by atoms with Crippen molar-refractivity contribution in [3.8, 4) is 0 Å². The van der Waals surface area contributed by atoms with Gasteiger partial charge in [-0.15, -0.1) is 10.2 Å². The standard InChI is InChI=1S/C23H26ClN7O2/c24-18-5-3-16(4-6-18)22-26-28-31(27-22)15-21(32)25-19-7-9-20(10-8-19)29-11-13-30(14-12-29)23(33)17-1-2-17/h3-10,17,28H,1-2,11-15H2,(H,25,32)(H,26,27). The van der Waals surface area contributed by atoms with Gasteiger partial charge in [-0.25, -0.2) is 5.53 Å². The molecule has 2 amide bonds. The summed E-state index contributed by atoms with van der Waals surface area (Å²) >= 11 is 5.92. The zero-order valence-electron chi connectivity index (χ0n) is 18.1. The first-order valence-corrected chi connectivity index (χ1v) is 11.5. The van der Waals surface area contributed by atoms with Crippen molar-refractivity contribution in [1.82, 2.24) is 21.0 Å². The van der Waals surface area contributed by atoms with Crippen LogP contribution in [0.25, 0.3) is 0 Å². The van der Waals surface area contributed by atoms with E-state index >= 15 is 0 Å². The number of hydrogen-bond donors (Lipinski definition) is 3. The summed E-state index contributed by atoms with van der Waals surface area (Å²) in [6.45, 7) is 3.26. The number of hydrogen-bond acceptors (Lipinski definition) is 7. The summed E-state index contributed by atoms with van der Waals surface area (Å²) in [5.74, 6) is 1.03. The number of amides is 2. The SMILES string of the molecule is O=C(CN1NN=C(c2ccc(Cl)cc2)N1)Nc1ccc(N2CCN(C(=O)C3CC3)CC2)cc1. The highest BCUT2D eigenvalue weighted by molar-refractivity contribution is 6.30. The van der Waals surface area contributed by atoms with E-state index in [2.05, 4.69) is 26.3 Å². The fraction of sp³-hybridized carbons (Fsp3) is 0.348. The summed E-state index contributed by atoms with van der Waals surface area (Å²) in [7, 11) is 0. The Labute approximate surface area is 197 Å². The maximum Gasteiger partial charge on any atom is 0.242 e. The highest BCUT2D eigenvalue weighted by Gasteiger charge is 2.34.